The van der Waals surface area contributed by atoms with Crippen molar-refractivity contribution in [2.75, 3.05) is 26.2 Å². The number of carbonyl (C=O) groups is 1. The van der Waals surface area contributed by atoms with Gasteiger partial charge in [-0.15, -0.1) is 11.3 Å². The minimum Gasteiger partial charge on any atom is -0.335 e. The van der Waals surface area contributed by atoms with Crippen molar-refractivity contribution in [3.8, 4) is 0 Å². The van der Waals surface area contributed by atoms with Crippen molar-refractivity contribution >= 4 is 28.0 Å². The van der Waals surface area contributed by atoms with Crippen LogP contribution in [0.1, 0.15) is 39.6 Å². The molecule has 0 unspecified atom stereocenters. The molecule has 1 saturated carbocycles. The summed E-state index contributed by atoms with van der Waals surface area (Å²) in [5.41, 5.74) is 2.67. The summed E-state index contributed by atoms with van der Waals surface area (Å²) in [6, 6.07) is 17.3. The van der Waals surface area contributed by atoms with Gasteiger partial charge in [0.15, 0.2) is 0 Å². The zero-order valence-corrected chi connectivity index (χ0v) is 16.3. The fourth-order valence-electron chi connectivity index (χ4n) is 4.13. The molecule has 1 aliphatic heterocycles. The molecule has 1 amide bonds. The average Bonchev–Trinajstić information content (AvgIpc) is 3.45. The fourth-order valence-corrected chi connectivity index (χ4v) is 5.08. The van der Waals surface area contributed by atoms with Crippen molar-refractivity contribution in [2.24, 2.45) is 0 Å². The predicted octanol–water partition coefficient (Wildman–Crippen LogP) is 4.74. The van der Waals surface area contributed by atoms with Gasteiger partial charge in [0, 0.05) is 32.7 Å². The Morgan fingerprint density at radius 1 is 0.963 bits per heavy atom. The Morgan fingerprint density at radius 3 is 2.56 bits per heavy atom. The van der Waals surface area contributed by atoms with Gasteiger partial charge >= 0.3 is 0 Å². The summed E-state index contributed by atoms with van der Waals surface area (Å²) < 4.78 is 0. The Kier molecular flexibility index (Phi) is 4.46. The standard InChI is InChI=1S/C23H24N2OS/c26-23(22-21(10-15-27-22)18-8-9-18)25-13-11-24(12-14-25)16-19-6-3-5-17-4-1-2-7-20(17)19/h1-7,10,15,18H,8-9,11-14,16H2. The van der Waals surface area contributed by atoms with Gasteiger partial charge in [-0.3, -0.25) is 9.69 Å². The third-order valence-electron chi connectivity index (χ3n) is 5.84. The molecule has 0 spiro atoms. The normalized spacial score (nSPS) is 18.1. The first-order valence-corrected chi connectivity index (χ1v) is 10.7. The maximum absolute atomic E-state index is 13.0. The molecule has 0 radical (unpaired) electrons. The third-order valence-corrected chi connectivity index (χ3v) is 6.76. The van der Waals surface area contributed by atoms with Gasteiger partial charge in [-0.05, 0) is 52.1 Å². The van der Waals surface area contributed by atoms with Crippen LogP contribution in [-0.2, 0) is 6.54 Å². The Hall–Kier alpha value is -2.17. The fraction of sp³-hybridized carbons (Fsp3) is 0.348. The highest BCUT2D eigenvalue weighted by molar-refractivity contribution is 7.12. The second-order valence-corrected chi connectivity index (χ2v) is 8.60. The smallest absolute Gasteiger partial charge is 0.264 e. The molecular formula is C23H24N2OS. The van der Waals surface area contributed by atoms with E-state index in [0.717, 1.165) is 37.6 Å². The first kappa shape index (κ1) is 17.0. The molecule has 0 bridgehead atoms. The first-order valence-electron chi connectivity index (χ1n) is 9.85. The van der Waals surface area contributed by atoms with Gasteiger partial charge in [-0.25, -0.2) is 0 Å². The van der Waals surface area contributed by atoms with Crippen LogP contribution < -0.4 is 0 Å². The van der Waals surface area contributed by atoms with Gasteiger partial charge in [0.25, 0.3) is 5.91 Å². The van der Waals surface area contributed by atoms with Gasteiger partial charge < -0.3 is 4.90 Å². The molecule has 2 fully saturated rings. The number of carbonyl (C=O) groups excluding carboxylic acids is 1. The molecule has 1 aromatic heterocycles. The summed E-state index contributed by atoms with van der Waals surface area (Å²) in [6.07, 6.45) is 2.49. The maximum Gasteiger partial charge on any atom is 0.264 e. The molecule has 2 aromatic carbocycles. The van der Waals surface area contributed by atoms with Crippen LogP contribution in [0, 0.1) is 0 Å². The van der Waals surface area contributed by atoms with Crippen molar-refractivity contribution in [1.82, 2.24) is 9.80 Å². The van der Waals surface area contributed by atoms with E-state index in [1.54, 1.807) is 11.3 Å². The predicted molar refractivity (Wildman–Crippen MR) is 111 cm³/mol. The lowest BCUT2D eigenvalue weighted by Gasteiger charge is -2.35. The molecule has 0 atom stereocenters. The summed E-state index contributed by atoms with van der Waals surface area (Å²) in [5, 5.41) is 4.72. The van der Waals surface area contributed by atoms with Crippen molar-refractivity contribution in [3.63, 3.8) is 0 Å². The number of benzene rings is 2. The zero-order chi connectivity index (χ0) is 18.2. The highest BCUT2D eigenvalue weighted by atomic mass is 32.1. The number of piperazine rings is 1. The van der Waals surface area contributed by atoms with Crippen LogP contribution >= 0.6 is 11.3 Å². The Balaban J connectivity index is 1.25. The Labute approximate surface area is 164 Å². The van der Waals surface area contributed by atoms with Crippen molar-refractivity contribution in [1.29, 1.82) is 0 Å². The molecule has 27 heavy (non-hydrogen) atoms. The lowest BCUT2D eigenvalue weighted by atomic mass is 10.0. The molecule has 1 saturated heterocycles. The SMILES string of the molecule is O=C(c1sccc1C1CC1)N1CCN(Cc2cccc3ccccc23)CC1. The van der Waals surface area contributed by atoms with Crippen LogP contribution in [0.3, 0.4) is 0 Å². The number of fused-ring (bicyclic) bond motifs is 1. The maximum atomic E-state index is 13.0. The van der Waals surface area contributed by atoms with E-state index in [0.29, 0.717) is 5.92 Å². The van der Waals surface area contributed by atoms with E-state index in [1.807, 2.05) is 0 Å². The summed E-state index contributed by atoms with van der Waals surface area (Å²) in [7, 11) is 0. The highest BCUT2D eigenvalue weighted by Gasteiger charge is 2.31. The van der Waals surface area contributed by atoms with Crippen LogP contribution in [0.4, 0.5) is 0 Å². The first-order chi connectivity index (χ1) is 13.3. The van der Waals surface area contributed by atoms with Crippen molar-refractivity contribution in [3.05, 3.63) is 69.9 Å². The van der Waals surface area contributed by atoms with Crippen LogP contribution in [0.5, 0.6) is 0 Å². The van der Waals surface area contributed by atoms with E-state index in [-0.39, 0.29) is 5.91 Å². The minimum absolute atomic E-state index is 0.247. The zero-order valence-electron chi connectivity index (χ0n) is 15.4. The van der Waals surface area contributed by atoms with E-state index in [4.69, 9.17) is 0 Å². The van der Waals surface area contributed by atoms with Gasteiger partial charge in [0.1, 0.15) is 0 Å². The lowest BCUT2D eigenvalue weighted by molar-refractivity contribution is 0.0632. The molecule has 3 aromatic rings. The highest BCUT2D eigenvalue weighted by Crippen LogP contribution is 2.43. The van der Waals surface area contributed by atoms with Gasteiger partial charge in [0.05, 0.1) is 4.88 Å². The Morgan fingerprint density at radius 2 is 1.74 bits per heavy atom. The molecule has 0 N–H and O–H groups in total. The quantitative estimate of drug-likeness (QED) is 0.657. The summed E-state index contributed by atoms with van der Waals surface area (Å²) >= 11 is 1.62. The van der Waals surface area contributed by atoms with Gasteiger partial charge in [-0.1, -0.05) is 42.5 Å². The molecule has 1 aliphatic carbocycles. The van der Waals surface area contributed by atoms with Gasteiger partial charge in [0.2, 0.25) is 0 Å². The number of thiophene rings is 1. The van der Waals surface area contributed by atoms with E-state index in [1.165, 1.54) is 34.7 Å². The molecule has 2 aliphatic rings. The van der Waals surface area contributed by atoms with Crippen molar-refractivity contribution in [2.45, 2.75) is 25.3 Å². The summed E-state index contributed by atoms with van der Waals surface area (Å²) in [4.78, 5) is 18.5. The summed E-state index contributed by atoms with van der Waals surface area (Å²) in [5.74, 6) is 0.888. The van der Waals surface area contributed by atoms with E-state index in [9.17, 15) is 4.79 Å². The van der Waals surface area contributed by atoms with Crippen LogP contribution in [0.15, 0.2) is 53.9 Å². The molecule has 4 heteroatoms. The Bertz CT molecular complexity index is 962. The van der Waals surface area contributed by atoms with Gasteiger partial charge in [-0.2, -0.15) is 0 Å². The topological polar surface area (TPSA) is 23.6 Å². The second kappa shape index (κ2) is 7.10. The van der Waals surface area contributed by atoms with E-state index >= 15 is 0 Å². The van der Waals surface area contributed by atoms with E-state index in [2.05, 4.69) is 63.7 Å². The minimum atomic E-state index is 0.247. The number of nitrogens with zero attached hydrogens (tertiary/aromatic N) is 2. The second-order valence-electron chi connectivity index (χ2n) is 7.69. The number of rotatable bonds is 4. The van der Waals surface area contributed by atoms with Crippen LogP contribution in [-0.4, -0.2) is 41.9 Å². The molecular weight excluding hydrogens is 352 g/mol. The van der Waals surface area contributed by atoms with Crippen molar-refractivity contribution < 1.29 is 4.79 Å². The van der Waals surface area contributed by atoms with Crippen LogP contribution in [0.2, 0.25) is 0 Å². The third kappa shape index (κ3) is 3.40. The van der Waals surface area contributed by atoms with E-state index < -0.39 is 0 Å². The summed E-state index contributed by atoms with van der Waals surface area (Å²) in [6.45, 7) is 4.49. The number of amides is 1. The van der Waals surface area contributed by atoms with Crippen LogP contribution in [0.25, 0.3) is 10.8 Å². The number of hydrogen-bond donors (Lipinski definition) is 0. The molecule has 3 nitrogen and oxygen atoms in total. The monoisotopic (exact) mass is 376 g/mol. The molecule has 5 rings (SSSR count). The number of hydrogen-bond acceptors (Lipinski definition) is 3. The lowest BCUT2D eigenvalue weighted by Crippen LogP contribution is -2.48. The molecule has 2 heterocycles. The average molecular weight is 377 g/mol. The molecule has 138 valence electrons. The largest absolute Gasteiger partial charge is 0.335 e.